The number of nitrogens with one attached hydrogen (secondary N) is 2. The van der Waals surface area contributed by atoms with Gasteiger partial charge in [0.1, 0.15) is 11.6 Å². The van der Waals surface area contributed by atoms with Crippen molar-refractivity contribution in [2.75, 3.05) is 11.9 Å². The van der Waals surface area contributed by atoms with Gasteiger partial charge >= 0.3 is 0 Å². The van der Waals surface area contributed by atoms with Gasteiger partial charge in [-0.1, -0.05) is 42.5 Å². The van der Waals surface area contributed by atoms with Gasteiger partial charge < -0.3 is 15.4 Å². The first-order chi connectivity index (χ1) is 14.0. The van der Waals surface area contributed by atoms with Crippen LogP contribution in [0.3, 0.4) is 0 Å². The van der Waals surface area contributed by atoms with E-state index < -0.39 is 11.7 Å². The zero-order valence-electron chi connectivity index (χ0n) is 15.3. The number of amides is 2. The minimum absolute atomic E-state index is 0.287. The summed E-state index contributed by atoms with van der Waals surface area (Å²) >= 11 is 3.18. The van der Waals surface area contributed by atoms with Crippen LogP contribution in [-0.2, 0) is 11.3 Å². The first-order valence-corrected chi connectivity index (χ1v) is 9.61. The van der Waals surface area contributed by atoms with Crippen molar-refractivity contribution in [2.45, 2.75) is 6.54 Å². The smallest absolute Gasteiger partial charge is 0.262 e. The summed E-state index contributed by atoms with van der Waals surface area (Å²) in [6.45, 7) is 0.0911. The van der Waals surface area contributed by atoms with Crippen molar-refractivity contribution in [1.29, 1.82) is 0 Å². The van der Waals surface area contributed by atoms with Crippen LogP contribution in [0, 0.1) is 5.82 Å². The van der Waals surface area contributed by atoms with Crippen LogP contribution in [0.15, 0.2) is 77.3 Å². The number of ether oxygens (including phenoxy) is 1. The Morgan fingerprint density at radius 2 is 1.69 bits per heavy atom. The molecule has 3 aromatic rings. The second-order valence-corrected chi connectivity index (χ2v) is 6.98. The van der Waals surface area contributed by atoms with Crippen LogP contribution in [0.25, 0.3) is 0 Å². The van der Waals surface area contributed by atoms with E-state index in [1.807, 2.05) is 30.3 Å². The number of para-hydroxylation sites is 1. The number of rotatable bonds is 7. The Kier molecular flexibility index (Phi) is 6.97. The molecule has 7 heteroatoms. The molecule has 29 heavy (non-hydrogen) atoms. The van der Waals surface area contributed by atoms with Gasteiger partial charge in [-0.25, -0.2) is 4.39 Å². The van der Waals surface area contributed by atoms with Crippen LogP contribution in [-0.4, -0.2) is 18.4 Å². The Labute approximate surface area is 176 Å². The Bertz CT molecular complexity index is 1010. The molecule has 0 aliphatic heterocycles. The van der Waals surface area contributed by atoms with Crippen LogP contribution in [0.2, 0.25) is 0 Å². The summed E-state index contributed by atoms with van der Waals surface area (Å²) < 4.78 is 18.9. The van der Waals surface area contributed by atoms with Gasteiger partial charge in [0.15, 0.2) is 6.61 Å². The Hall–Kier alpha value is -3.19. The first kappa shape index (κ1) is 20.5. The van der Waals surface area contributed by atoms with Gasteiger partial charge in [0.2, 0.25) is 0 Å². The second kappa shape index (κ2) is 9.84. The summed E-state index contributed by atoms with van der Waals surface area (Å²) in [5.41, 5.74) is 1.70. The molecule has 2 N–H and O–H groups in total. The second-order valence-electron chi connectivity index (χ2n) is 6.13. The number of hydrogen-bond acceptors (Lipinski definition) is 3. The predicted octanol–water partition coefficient (Wildman–Crippen LogP) is 4.54. The highest BCUT2D eigenvalue weighted by molar-refractivity contribution is 9.10. The van der Waals surface area contributed by atoms with Crippen molar-refractivity contribution >= 4 is 33.4 Å². The van der Waals surface area contributed by atoms with Crippen molar-refractivity contribution in [1.82, 2.24) is 5.32 Å². The molecule has 0 saturated heterocycles. The molecule has 2 amide bonds. The molecule has 0 saturated carbocycles. The maximum absolute atomic E-state index is 13.1. The molecule has 3 aromatic carbocycles. The van der Waals surface area contributed by atoms with Crippen molar-refractivity contribution in [2.24, 2.45) is 0 Å². The van der Waals surface area contributed by atoms with Gasteiger partial charge in [-0.2, -0.15) is 0 Å². The maximum Gasteiger partial charge on any atom is 0.262 e. The monoisotopic (exact) mass is 456 g/mol. The molecular weight excluding hydrogens is 439 g/mol. The fourth-order valence-corrected chi connectivity index (χ4v) is 3.05. The molecule has 0 unspecified atom stereocenters. The zero-order valence-corrected chi connectivity index (χ0v) is 16.9. The van der Waals surface area contributed by atoms with Gasteiger partial charge in [-0.15, -0.1) is 0 Å². The van der Waals surface area contributed by atoms with Crippen LogP contribution in [0.4, 0.5) is 10.1 Å². The molecule has 0 fully saturated rings. The molecule has 148 valence electrons. The quantitative estimate of drug-likeness (QED) is 0.548. The topological polar surface area (TPSA) is 67.4 Å². The highest BCUT2D eigenvalue weighted by atomic mass is 79.9. The van der Waals surface area contributed by atoms with Crippen molar-refractivity contribution < 1.29 is 18.7 Å². The Morgan fingerprint density at radius 3 is 2.45 bits per heavy atom. The highest BCUT2D eigenvalue weighted by Gasteiger charge is 2.14. The fourth-order valence-electron chi connectivity index (χ4n) is 2.59. The SMILES string of the molecule is O=C(COc1ccc(F)cc1Br)Nc1ccccc1C(=O)NCc1ccccc1. The van der Waals surface area contributed by atoms with Gasteiger partial charge in [-0.3, -0.25) is 9.59 Å². The first-order valence-electron chi connectivity index (χ1n) is 8.82. The van der Waals surface area contributed by atoms with E-state index in [1.165, 1.54) is 18.2 Å². The van der Waals surface area contributed by atoms with E-state index >= 15 is 0 Å². The Balaban J connectivity index is 1.60. The number of carbonyl (C=O) groups is 2. The number of anilines is 1. The molecule has 5 nitrogen and oxygen atoms in total. The maximum atomic E-state index is 13.1. The summed E-state index contributed by atoms with van der Waals surface area (Å²) in [6, 6.07) is 20.2. The Morgan fingerprint density at radius 1 is 0.966 bits per heavy atom. The normalized spacial score (nSPS) is 10.3. The summed E-state index contributed by atoms with van der Waals surface area (Å²) in [4.78, 5) is 24.8. The summed E-state index contributed by atoms with van der Waals surface area (Å²) in [5.74, 6) is -0.809. The minimum atomic E-state index is -0.440. The lowest BCUT2D eigenvalue weighted by atomic mass is 10.1. The van der Waals surface area contributed by atoms with Crippen LogP contribution < -0.4 is 15.4 Å². The van der Waals surface area contributed by atoms with Gasteiger partial charge in [-0.05, 0) is 51.8 Å². The van der Waals surface area contributed by atoms with E-state index in [1.54, 1.807) is 24.3 Å². The third-order valence-electron chi connectivity index (χ3n) is 3.99. The minimum Gasteiger partial charge on any atom is -0.483 e. The lowest BCUT2D eigenvalue weighted by molar-refractivity contribution is -0.118. The summed E-state index contributed by atoms with van der Waals surface area (Å²) in [6.07, 6.45) is 0. The van der Waals surface area contributed by atoms with E-state index in [4.69, 9.17) is 4.74 Å². The van der Waals surface area contributed by atoms with Crippen LogP contribution in [0.5, 0.6) is 5.75 Å². The molecular formula is C22H18BrFN2O3. The third kappa shape index (κ3) is 5.89. The molecule has 0 bridgehead atoms. The van der Waals surface area contributed by atoms with E-state index in [2.05, 4.69) is 26.6 Å². The molecule has 0 atom stereocenters. The molecule has 3 rings (SSSR count). The molecule has 0 heterocycles. The number of carbonyl (C=O) groups excluding carboxylic acids is 2. The van der Waals surface area contributed by atoms with Crippen molar-refractivity contribution in [3.05, 3.63) is 94.2 Å². The molecule has 0 spiro atoms. The summed E-state index contributed by atoms with van der Waals surface area (Å²) in [7, 11) is 0. The number of benzene rings is 3. The van der Waals surface area contributed by atoms with E-state index in [0.29, 0.717) is 28.0 Å². The third-order valence-corrected chi connectivity index (χ3v) is 4.61. The largest absolute Gasteiger partial charge is 0.483 e. The van der Waals surface area contributed by atoms with Gasteiger partial charge in [0.25, 0.3) is 11.8 Å². The average molecular weight is 457 g/mol. The molecule has 0 aliphatic carbocycles. The molecule has 0 radical (unpaired) electrons. The van der Waals surface area contributed by atoms with Crippen molar-refractivity contribution in [3.63, 3.8) is 0 Å². The van der Waals surface area contributed by atoms with Crippen LogP contribution in [0.1, 0.15) is 15.9 Å². The standard InChI is InChI=1S/C22H18BrFN2O3/c23-18-12-16(24)10-11-20(18)29-14-21(27)26-19-9-5-4-8-17(19)22(28)25-13-15-6-2-1-3-7-15/h1-12H,13-14H2,(H,25,28)(H,26,27). The van der Waals surface area contributed by atoms with E-state index in [-0.39, 0.29) is 12.5 Å². The average Bonchev–Trinajstić information content (AvgIpc) is 2.72. The predicted molar refractivity (Wildman–Crippen MR) is 112 cm³/mol. The lowest BCUT2D eigenvalue weighted by Crippen LogP contribution is -2.26. The van der Waals surface area contributed by atoms with Gasteiger partial charge in [0.05, 0.1) is 15.7 Å². The van der Waals surface area contributed by atoms with Crippen molar-refractivity contribution in [3.8, 4) is 5.75 Å². The fraction of sp³-hybridized carbons (Fsp3) is 0.0909. The van der Waals surface area contributed by atoms with E-state index in [9.17, 15) is 14.0 Å². The van der Waals surface area contributed by atoms with Gasteiger partial charge in [0, 0.05) is 6.54 Å². The summed E-state index contributed by atoms with van der Waals surface area (Å²) in [5, 5.41) is 5.51. The lowest BCUT2D eigenvalue weighted by Gasteiger charge is -2.12. The molecule has 0 aromatic heterocycles. The number of hydrogen-bond donors (Lipinski definition) is 2. The van der Waals surface area contributed by atoms with E-state index in [0.717, 1.165) is 5.56 Å². The zero-order chi connectivity index (χ0) is 20.6. The number of halogens is 2. The highest BCUT2D eigenvalue weighted by Crippen LogP contribution is 2.25. The van der Waals surface area contributed by atoms with Crippen LogP contribution >= 0.6 is 15.9 Å². The molecule has 0 aliphatic rings.